The van der Waals surface area contributed by atoms with Crippen molar-refractivity contribution in [1.29, 1.82) is 5.26 Å². The number of nitriles is 1. The van der Waals surface area contributed by atoms with Crippen LogP contribution in [-0.2, 0) is 0 Å². The van der Waals surface area contributed by atoms with E-state index in [-0.39, 0.29) is 0 Å². The Bertz CT molecular complexity index is 346. The molecule has 74 valence electrons. The summed E-state index contributed by atoms with van der Waals surface area (Å²) < 4.78 is 4.94. The Hall–Kier alpha value is -1.21. The molecule has 0 atom stereocenters. The Morgan fingerprint density at radius 2 is 2.36 bits per heavy atom. The maximum absolute atomic E-state index is 8.86. The van der Waals surface area contributed by atoms with Gasteiger partial charge in [-0.05, 0) is 18.2 Å². The van der Waals surface area contributed by atoms with Gasteiger partial charge in [-0.2, -0.15) is 5.26 Å². The van der Waals surface area contributed by atoms with Crippen LogP contribution in [0.5, 0.6) is 5.88 Å². The van der Waals surface area contributed by atoms with Crippen LogP contribution in [0.4, 0.5) is 0 Å². The molecule has 3 nitrogen and oxygen atoms in total. The van der Waals surface area contributed by atoms with Gasteiger partial charge in [-0.15, -0.1) is 11.8 Å². The first-order valence-electron chi connectivity index (χ1n) is 4.39. The van der Waals surface area contributed by atoms with Crippen LogP contribution in [0.2, 0.25) is 0 Å². The van der Waals surface area contributed by atoms with Crippen molar-refractivity contribution in [3.63, 3.8) is 0 Å². The molecule has 1 heterocycles. The minimum Gasteiger partial charge on any atom is -0.481 e. The van der Waals surface area contributed by atoms with Crippen LogP contribution in [0.25, 0.3) is 0 Å². The van der Waals surface area contributed by atoms with Gasteiger partial charge >= 0.3 is 0 Å². The Kier molecular flexibility index (Phi) is 4.27. The summed E-state index contributed by atoms with van der Waals surface area (Å²) in [5.74, 6) is 1.49. The first kappa shape index (κ1) is 10.9. The van der Waals surface area contributed by atoms with Gasteiger partial charge in [0.05, 0.1) is 7.11 Å². The molecule has 0 fully saturated rings. The number of ether oxygens (including phenoxy) is 1. The molecule has 0 saturated carbocycles. The molecular weight excluding hydrogens is 196 g/mol. The maximum atomic E-state index is 8.86. The second-order valence-electron chi connectivity index (χ2n) is 2.66. The van der Waals surface area contributed by atoms with Gasteiger partial charge in [0.15, 0.2) is 5.69 Å². The highest BCUT2D eigenvalue weighted by Crippen LogP contribution is 2.23. The third-order valence-corrected chi connectivity index (χ3v) is 2.86. The summed E-state index contributed by atoms with van der Waals surface area (Å²) in [5, 5.41) is 8.86. The van der Waals surface area contributed by atoms with Gasteiger partial charge < -0.3 is 4.74 Å². The second-order valence-corrected chi connectivity index (χ2v) is 3.80. The van der Waals surface area contributed by atoms with E-state index in [4.69, 9.17) is 10.00 Å². The van der Waals surface area contributed by atoms with Gasteiger partial charge in [-0.3, -0.25) is 0 Å². The van der Waals surface area contributed by atoms with Gasteiger partial charge in [0.25, 0.3) is 0 Å². The van der Waals surface area contributed by atoms with E-state index in [1.54, 1.807) is 24.9 Å². The lowest BCUT2D eigenvalue weighted by Crippen LogP contribution is -1.92. The normalized spacial score (nSPS) is 9.50. The van der Waals surface area contributed by atoms with Crippen molar-refractivity contribution in [3.8, 4) is 11.9 Å². The van der Waals surface area contributed by atoms with Crippen LogP contribution in [0.15, 0.2) is 17.0 Å². The second kappa shape index (κ2) is 5.51. The van der Waals surface area contributed by atoms with Gasteiger partial charge in [0, 0.05) is 11.0 Å². The molecule has 0 saturated heterocycles. The van der Waals surface area contributed by atoms with E-state index >= 15 is 0 Å². The van der Waals surface area contributed by atoms with Crippen molar-refractivity contribution in [2.24, 2.45) is 0 Å². The molecule has 1 aromatic rings. The molecule has 1 rings (SSSR count). The third kappa shape index (κ3) is 2.64. The van der Waals surface area contributed by atoms with E-state index in [1.807, 2.05) is 6.07 Å². The number of methoxy groups -OCH3 is 1. The zero-order chi connectivity index (χ0) is 10.4. The molecule has 0 N–H and O–H groups in total. The number of hydrogen-bond acceptors (Lipinski definition) is 4. The summed E-state index contributed by atoms with van der Waals surface area (Å²) in [5.41, 5.74) is 0.447. The van der Waals surface area contributed by atoms with Crippen molar-refractivity contribution < 1.29 is 4.74 Å². The number of thioether (sulfide) groups is 1. The first-order valence-corrected chi connectivity index (χ1v) is 5.38. The molecule has 0 aromatic carbocycles. The lowest BCUT2D eigenvalue weighted by molar-refractivity contribution is 0.397. The van der Waals surface area contributed by atoms with E-state index in [9.17, 15) is 0 Å². The predicted molar refractivity (Wildman–Crippen MR) is 56.5 cm³/mol. The van der Waals surface area contributed by atoms with E-state index < -0.39 is 0 Å². The predicted octanol–water partition coefficient (Wildman–Crippen LogP) is 2.46. The lowest BCUT2D eigenvalue weighted by Gasteiger charge is -2.03. The van der Waals surface area contributed by atoms with Gasteiger partial charge in [-0.25, -0.2) is 4.98 Å². The first-order chi connectivity index (χ1) is 6.81. The smallest absolute Gasteiger partial charge is 0.214 e. The molecule has 14 heavy (non-hydrogen) atoms. The van der Waals surface area contributed by atoms with Crippen molar-refractivity contribution in [2.45, 2.75) is 18.2 Å². The highest BCUT2D eigenvalue weighted by molar-refractivity contribution is 7.99. The van der Waals surface area contributed by atoms with Crippen LogP contribution >= 0.6 is 11.8 Å². The fraction of sp³-hybridized carbons (Fsp3) is 0.400. The average molecular weight is 208 g/mol. The number of aromatic nitrogens is 1. The Labute approximate surface area is 88.1 Å². The van der Waals surface area contributed by atoms with Crippen molar-refractivity contribution >= 4 is 11.8 Å². The maximum Gasteiger partial charge on any atom is 0.214 e. The number of nitrogens with zero attached hydrogens (tertiary/aromatic N) is 2. The van der Waals surface area contributed by atoms with Crippen molar-refractivity contribution in [1.82, 2.24) is 4.98 Å². The molecule has 0 radical (unpaired) electrons. The van der Waals surface area contributed by atoms with E-state index in [0.29, 0.717) is 11.6 Å². The largest absolute Gasteiger partial charge is 0.481 e. The van der Waals surface area contributed by atoms with Crippen LogP contribution in [0.3, 0.4) is 0 Å². The topological polar surface area (TPSA) is 45.9 Å². The van der Waals surface area contributed by atoms with Crippen LogP contribution in [0, 0.1) is 11.3 Å². The Morgan fingerprint density at radius 1 is 1.57 bits per heavy atom. The zero-order valence-corrected chi connectivity index (χ0v) is 9.10. The fourth-order valence-corrected chi connectivity index (χ4v) is 1.77. The summed E-state index contributed by atoms with van der Waals surface area (Å²) in [4.78, 5) is 4.98. The van der Waals surface area contributed by atoms with Crippen LogP contribution in [-0.4, -0.2) is 17.8 Å². The van der Waals surface area contributed by atoms with Crippen molar-refractivity contribution in [2.75, 3.05) is 12.9 Å². The quantitative estimate of drug-likeness (QED) is 0.713. The molecule has 0 aliphatic heterocycles. The molecule has 1 aromatic heterocycles. The zero-order valence-electron chi connectivity index (χ0n) is 8.28. The van der Waals surface area contributed by atoms with E-state index in [1.165, 1.54) is 0 Å². The third-order valence-electron chi connectivity index (χ3n) is 1.61. The summed E-state index contributed by atoms with van der Waals surface area (Å²) in [6, 6.07) is 5.72. The summed E-state index contributed by atoms with van der Waals surface area (Å²) >= 11 is 1.65. The van der Waals surface area contributed by atoms with Crippen molar-refractivity contribution in [3.05, 3.63) is 17.8 Å². The minimum absolute atomic E-state index is 0.447. The standard InChI is InChI=1S/C10H12N2OS/c1-3-6-14-9-4-5-10(13-2)12-8(9)7-11/h4-5H,3,6H2,1-2H3. The molecule has 0 aliphatic carbocycles. The van der Waals surface area contributed by atoms with Gasteiger partial charge in [-0.1, -0.05) is 6.92 Å². The van der Waals surface area contributed by atoms with Gasteiger partial charge in [0.1, 0.15) is 6.07 Å². The average Bonchev–Trinajstić information content (AvgIpc) is 2.26. The van der Waals surface area contributed by atoms with Crippen LogP contribution in [0.1, 0.15) is 19.0 Å². The number of rotatable bonds is 4. The highest BCUT2D eigenvalue weighted by atomic mass is 32.2. The summed E-state index contributed by atoms with van der Waals surface area (Å²) in [6.07, 6.45) is 1.08. The molecule has 0 amide bonds. The number of hydrogen-bond donors (Lipinski definition) is 0. The molecule has 0 unspecified atom stereocenters. The molecule has 0 spiro atoms. The number of pyridine rings is 1. The minimum atomic E-state index is 0.447. The van der Waals surface area contributed by atoms with Crippen LogP contribution < -0.4 is 4.74 Å². The van der Waals surface area contributed by atoms with E-state index in [0.717, 1.165) is 17.1 Å². The lowest BCUT2D eigenvalue weighted by atomic mass is 10.4. The molecule has 0 bridgehead atoms. The van der Waals surface area contributed by atoms with Gasteiger partial charge in [0.2, 0.25) is 5.88 Å². The monoisotopic (exact) mass is 208 g/mol. The van der Waals surface area contributed by atoms with E-state index in [2.05, 4.69) is 18.0 Å². The Balaban J connectivity index is 2.89. The molecule has 0 aliphatic rings. The highest BCUT2D eigenvalue weighted by Gasteiger charge is 2.05. The molecular formula is C10H12N2OS. The molecule has 4 heteroatoms. The summed E-state index contributed by atoms with van der Waals surface area (Å²) in [6.45, 7) is 2.11. The SMILES string of the molecule is CCCSc1ccc(OC)nc1C#N. The summed E-state index contributed by atoms with van der Waals surface area (Å²) in [7, 11) is 1.54. The fourth-order valence-electron chi connectivity index (χ4n) is 0.951. The Morgan fingerprint density at radius 3 is 2.93 bits per heavy atom.